The first-order valence-corrected chi connectivity index (χ1v) is 9.51. The molecule has 4 atom stereocenters. The second-order valence-corrected chi connectivity index (χ2v) is 7.26. The fourth-order valence-corrected chi connectivity index (χ4v) is 3.18. The highest BCUT2D eigenvalue weighted by Gasteiger charge is 2.50. The number of rotatable bonds is 5. The van der Waals surface area contributed by atoms with Gasteiger partial charge in [0.25, 0.3) is 5.56 Å². The molecule has 9 nitrogen and oxygen atoms in total. The molecular weight excluding hydrogens is 456 g/mol. The smallest absolute Gasteiger partial charge is 0.423 e. The minimum atomic E-state index is -5.13. The first kappa shape index (κ1) is 24.2. The predicted octanol–water partition coefficient (Wildman–Crippen LogP) is 1.89. The number of hydrogen-bond donors (Lipinski definition) is 1. The summed E-state index contributed by atoms with van der Waals surface area (Å²) in [7, 11) is 0. The Morgan fingerprint density at radius 3 is 2.39 bits per heavy atom. The SMILES string of the molecule is CC(=O)O[C@@H]1[C@H](F)[C@@H](COC(=O)c2ccc(C)cc2)O[C@H]1n1cc(C(F)(F)F)c(=O)[nH]c1=O. The van der Waals surface area contributed by atoms with Crippen LogP contribution in [-0.2, 0) is 25.2 Å². The fourth-order valence-electron chi connectivity index (χ4n) is 3.18. The number of H-pyrrole nitrogens is 1. The van der Waals surface area contributed by atoms with Crippen molar-refractivity contribution in [3.8, 4) is 0 Å². The molecule has 3 rings (SSSR count). The van der Waals surface area contributed by atoms with Crippen molar-refractivity contribution in [3.05, 3.63) is 68.0 Å². The molecule has 0 spiro atoms. The summed E-state index contributed by atoms with van der Waals surface area (Å²) in [4.78, 5) is 48.7. The number of alkyl halides is 4. The van der Waals surface area contributed by atoms with Crippen molar-refractivity contribution >= 4 is 11.9 Å². The Bertz CT molecular complexity index is 1160. The van der Waals surface area contributed by atoms with Crippen molar-refractivity contribution in [2.75, 3.05) is 6.61 Å². The van der Waals surface area contributed by atoms with Gasteiger partial charge in [0.05, 0.1) is 5.56 Å². The zero-order chi connectivity index (χ0) is 24.5. The van der Waals surface area contributed by atoms with Crippen LogP contribution in [0.4, 0.5) is 17.6 Å². The number of aromatic amines is 1. The summed E-state index contributed by atoms with van der Waals surface area (Å²) in [6.45, 7) is 2.03. The molecule has 0 aliphatic carbocycles. The van der Waals surface area contributed by atoms with E-state index in [2.05, 4.69) is 0 Å². The molecule has 2 aromatic rings. The number of esters is 2. The van der Waals surface area contributed by atoms with Gasteiger partial charge in [-0.05, 0) is 19.1 Å². The molecule has 1 fully saturated rings. The van der Waals surface area contributed by atoms with E-state index in [-0.39, 0.29) is 16.3 Å². The van der Waals surface area contributed by atoms with Gasteiger partial charge < -0.3 is 14.2 Å². The van der Waals surface area contributed by atoms with Gasteiger partial charge in [-0.15, -0.1) is 0 Å². The van der Waals surface area contributed by atoms with Gasteiger partial charge in [-0.1, -0.05) is 17.7 Å². The normalized spacial score (nSPS) is 22.7. The van der Waals surface area contributed by atoms with Crippen molar-refractivity contribution in [3.63, 3.8) is 0 Å². The molecule has 1 aromatic heterocycles. The standard InChI is InChI=1S/C20H18F4N2O7/c1-9-3-5-11(6-4-9)18(29)31-8-13-14(21)15(32-10(2)27)17(33-13)26-7-12(20(22,23)24)16(28)25-19(26)30/h3-7,13-15,17H,8H2,1-2H3,(H,25,28,30)/t13-,14-,15-,17-/m1/s1. The lowest BCUT2D eigenvalue weighted by atomic mass is 10.1. The molecule has 1 aromatic carbocycles. The Morgan fingerprint density at radius 1 is 1.18 bits per heavy atom. The summed E-state index contributed by atoms with van der Waals surface area (Å²) in [6.07, 6.45) is -12.4. The van der Waals surface area contributed by atoms with E-state index in [1.54, 1.807) is 19.1 Å². The van der Waals surface area contributed by atoms with Crippen molar-refractivity contribution in [1.82, 2.24) is 9.55 Å². The highest BCUT2D eigenvalue weighted by Crippen LogP contribution is 2.34. The van der Waals surface area contributed by atoms with E-state index >= 15 is 0 Å². The summed E-state index contributed by atoms with van der Waals surface area (Å²) >= 11 is 0. The predicted molar refractivity (Wildman–Crippen MR) is 102 cm³/mol. The summed E-state index contributed by atoms with van der Waals surface area (Å²) in [5.41, 5.74) is -3.75. The van der Waals surface area contributed by atoms with Crippen molar-refractivity contribution in [1.29, 1.82) is 0 Å². The quantitative estimate of drug-likeness (QED) is 0.520. The molecule has 0 saturated carbocycles. The minimum Gasteiger partial charge on any atom is -0.459 e. The lowest BCUT2D eigenvalue weighted by Crippen LogP contribution is -2.41. The summed E-state index contributed by atoms with van der Waals surface area (Å²) in [5.74, 6) is -1.82. The van der Waals surface area contributed by atoms with E-state index in [1.807, 2.05) is 0 Å². The third kappa shape index (κ3) is 5.30. The zero-order valence-corrected chi connectivity index (χ0v) is 17.2. The van der Waals surface area contributed by atoms with E-state index < -0.39 is 66.1 Å². The lowest BCUT2D eigenvalue weighted by molar-refractivity contribution is -0.155. The maximum Gasteiger partial charge on any atom is 0.423 e. The number of benzene rings is 1. The van der Waals surface area contributed by atoms with Crippen LogP contribution in [0.2, 0.25) is 0 Å². The minimum absolute atomic E-state index is 0.149. The van der Waals surface area contributed by atoms with Gasteiger partial charge in [-0.3, -0.25) is 19.1 Å². The van der Waals surface area contributed by atoms with E-state index in [0.29, 0.717) is 0 Å². The Hall–Kier alpha value is -3.48. The van der Waals surface area contributed by atoms with Crippen LogP contribution in [0.15, 0.2) is 40.1 Å². The molecule has 1 aliphatic rings. The average molecular weight is 474 g/mol. The largest absolute Gasteiger partial charge is 0.459 e. The number of carbonyl (C=O) groups is 2. The molecule has 178 valence electrons. The van der Waals surface area contributed by atoms with Crippen LogP contribution in [0.1, 0.15) is 34.6 Å². The van der Waals surface area contributed by atoms with E-state index in [9.17, 15) is 36.7 Å². The van der Waals surface area contributed by atoms with E-state index in [4.69, 9.17) is 14.2 Å². The summed E-state index contributed by atoms with van der Waals surface area (Å²) in [6, 6.07) is 6.24. The summed E-state index contributed by atoms with van der Waals surface area (Å²) < 4.78 is 69.8. The van der Waals surface area contributed by atoms with Crippen LogP contribution in [0.5, 0.6) is 0 Å². The van der Waals surface area contributed by atoms with Crippen LogP contribution in [-0.4, -0.2) is 46.5 Å². The van der Waals surface area contributed by atoms with Gasteiger partial charge in [0.15, 0.2) is 18.5 Å². The van der Waals surface area contributed by atoms with Crippen LogP contribution < -0.4 is 11.2 Å². The highest BCUT2D eigenvalue weighted by atomic mass is 19.4. The molecule has 33 heavy (non-hydrogen) atoms. The Morgan fingerprint density at radius 2 is 1.82 bits per heavy atom. The third-order valence-electron chi connectivity index (χ3n) is 4.78. The van der Waals surface area contributed by atoms with E-state index in [0.717, 1.165) is 12.5 Å². The van der Waals surface area contributed by atoms with Gasteiger partial charge in [-0.25, -0.2) is 14.0 Å². The molecule has 0 unspecified atom stereocenters. The third-order valence-corrected chi connectivity index (χ3v) is 4.78. The maximum atomic E-state index is 15.0. The van der Waals surface area contributed by atoms with Gasteiger partial charge >= 0.3 is 23.8 Å². The van der Waals surface area contributed by atoms with Crippen molar-refractivity contribution in [2.45, 2.75) is 44.6 Å². The second-order valence-electron chi connectivity index (χ2n) is 7.26. The molecule has 0 radical (unpaired) electrons. The Balaban J connectivity index is 1.87. The number of nitrogens with one attached hydrogen (secondary N) is 1. The monoisotopic (exact) mass is 474 g/mol. The Labute approximate surface area is 182 Å². The second kappa shape index (κ2) is 9.17. The summed E-state index contributed by atoms with van der Waals surface area (Å²) in [5, 5.41) is 0. The highest BCUT2D eigenvalue weighted by molar-refractivity contribution is 5.89. The molecule has 13 heteroatoms. The number of aryl methyl sites for hydroxylation is 1. The van der Waals surface area contributed by atoms with Crippen LogP contribution >= 0.6 is 0 Å². The molecule has 0 bridgehead atoms. The number of carbonyl (C=O) groups excluding carboxylic acids is 2. The topological polar surface area (TPSA) is 117 Å². The van der Waals surface area contributed by atoms with Gasteiger partial charge in [0.1, 0.15) is 18.3 Å². The van der Waals surface area contributed by atoms with Gasteiger partial charge in [0.2, 0.25) is 0 Å². The van der Waals surface area contributed by atoms with Crippen LogP contribution in [0, 0.1) is 6.92 Å². The van der Waals surface area contributed by atoms with Crippen LogP contribution in [0.3, 0.4) is 0 Å². The number of ether oxygens (including phenoxy) is 3. The van der Waals surface area contributed by atoms with Gasteiger partial charge in [-0.2, -0.15) is 13.2 Å². The number of hydrogen-bond acceptors (Lipinski definition) is 7. The van der Waals surface area contributed by atoms with Crippen molar-refractivity contribution in [2.24, 2.45) is 0 Å². The number of nitrogens with zero attached hydrogens (tertiary/aromatic N) is 1. The lowest BCUT2D eigenvalue weighted by Gasteiger charge is -2.21. The fraction of sp³-hybridized carbons (Fsp3) is 0.400. The maximum absolute atomic E-state index is 15.0. The number of aromatic nitrogens is 2. The molecule has 0 amide bonds. The average Bonchev–Trinajstić information content (AvgIpc) is 3.01. The number of halogens is 4. The van der Waals surface area contributed by atoms with Gasteiger partial charge in [0, 0.05) is 13.1 Å². The first-order chi connectivity index (χ1) is 15.4. The molecule has 2 heterocycles. The zero-order valence-electron chi connectivity index (χ0n) is 17.2. The molecule has 1 N–H and O–H groups in total. The molecule has 1 aliphatic heterocycles. The van der Waals surface area contributed by atoms with E-state index in [1.165, 1.54) is 17.1 Å². The first-order valence-electron chi connectivity index (χ1n) is 9.51. The van der Waals surface area contributed by atoms with Crippen LogP contribution in [0.25, 0.3) is 0 Å². The molecule has 1 saturated heterocycles. The molecular formula is C20H18F4N2O7. The Kier molecular flexibility index (Phi) is 6.72. The van der Waals surface area contributed by atoms with Crippen molar-refractivity contribution < 1.29 is 41.4 Å².